The third kappa shape index (κ3) is 4.45. The second-order valence-electron chi connectivity index (χ2n) is 8.46. The van der Waals surface area contributed by atoms with Crippen LogP contribution >= 0.6 is 0 Å². The zero-order chi connectivity index (χ0) is 24.5. The standard InChI is InChI=1S/C25H25N7O3/c1-15-6-10-32(23(33)21(15)31-9-7-20-17(14-31)13-27-24(26)29-20)19-5-3-4-18(12-19)28-25(34)30-22-16(2)8-11-35-22/h3-6,8,10-13H,7,9,14H2,1-2H3,(H2,26,27,29)(H2,28,30,34). The molecule has 10 heteroatoms. The first-order valence-electron chi connectivity index (χ1n) is 11.2. The van der Waals surface area contributed by atoms with E-state index in [0.717, 1.165) is 22.4 Å². The number of benzene rings is 1. The number of amides is 2. The molecule has 3 aromatic heterocycles. The summed E-state index contributed by atoms with van der Waals surface area (Å²) in [6.45, 7) is 4.95. The Hall–Kier alpha value is -4.60. The van der Waals surface area contributed by atoms with Crippen molar-refractivity contribution in [2.24, 2.45) is 0 Å². The molecule has 1 aromatic carbocycles. The van der Waals surface area contributed by atoms with Crippen molar-refractivity contribution in [3.8, 4) is 5.69 Å². The van der Waals surface area contributed by atoms with Gasteiger partial charge in [-0.15, -0.1) is 0 Å². The number of hydrogen-bond donors (Lipinski definition) is 3. The number of fused-ring (bicyclic) bond motifs is 1. The summed E-state index contributed by atoms with van der Waals surface area (Å²) < 4.78 is 6.84. The number of pyridine rings is 1. The number of aromatic nitrogens is 3. The fourth-order valence-electron chi connectivity index (χ4n) is 4.23. The number of nitrogens with one attached hydrogen (secondary N) is 2. The number of nitrogens with two attached hydrogens (primary N) is 1. The normalized spacial score (nSPS) is 12.8. The van der Waals surface area contributed by atoms with Crippen LogP contribution in [0.5, 0.6) is 0 Å². The summed E-state index contributed by atoms with van der Waals surface area (Å²) in [5.41, 5.74) is 11.0. The van der Waals surface area contributed by atoms with Gasteiger partial charge in [-0.1, -0.05) is 6.07 Å². The molecule has 4 N–H and O–H groups in total. The van der Waals surface area contributed by atoms with Gasteiger partial charge in [0.1, 0.15) is 5.69 Å². The average Bonchev–Trinajstić information content (AvgIpc) is 3.23. The Kier molecular flexibility index (Phi) is 5.69. The van der Waals surface area contributed by atoms with Gasteiger partial charge >= 0.3 is 6.03 Å². The summed E-state index contributed by atoms with van der Waals surface area (Å²) in [7, 11) is 0. The molecule has 0 fully saturated rings. The number of rotatable bonds is 4. The molecule has 1 aliphatic rings. The van der Waals surface area contributed by atoms with E-state index in [0.29, 0.717) is 42.5 Å². The molecule has 2 amide bonds. The van der Waals surface area contributed by atoms with E-state index in [1.54, 1.807) is 41.2 Å². The fourth-order valence-corrected chi connectivity index (χ4v) is 4.23. The number of carbonyl (C=O) groups excluding carboxylic acids is 1. The minimum absolute atomic E-state index is 0.141. The molecule has 0 unspecified atom stereocenters. The minimum atomic E-state index is -0.438. The van der Waals surface area contributed by atoms with Gasteiger partial charge in [0.2, 0.25) is 11.8 Å². The maximum atomic E-state index is 13.6. The van der Waals surface area contributed by atoms with Crippen molar-refractivity contribution < 1.29 is 9.21 Å². The molecule has 35 heavy (non-hydrogen) atoms. The molecule has 0 radical (unpaired) electrons. The molecule has 0 saturated carbocycles. The summed E-state index contributed by atoms with van der Waals surface area (Å²) in [6, 6.07) is 10.4. The van der Waals surface area contributed by atoms with Gasteiger partial charge in [-0.2, -0.15) is 0 Å². The molecule has 0 aliphatic carbocycles. The van der Waals surface area contributed by atoms with Crippen LogP contribution in [0.1, 0.15) is 22.4 Å². The van der Waals surface area contributed by atoms with Crippen molar-refractivity contribution in [2.75, 3.05) is 27.8 Å². The Morgan fingerprint density at radius 1 is 1.14 bits per heavy atom. The highest BCUT2D eigenvalue weighted by atomic mass is 16.3. The Morgan fingerprint density at radius 2 is 2.00 bits per heavy atom. The lowest BCUT2D eigenvalue weighted by molar-refractivity contribution is 0.261. The predicted octanol–water partition coefficient (Wildman–Crippen LogP) is 3.63. The van der Waals surface area contributed by atoms with Crippen LogP contribution in [0, 0.1) is 13.8 Å². The molecule has 0 atom stereocenters. The van der Waals surface area contributed by atoms with E-state index in [2.05, 4.69) is 25.5 Å². The van der Waals surface area contributed by atoms with Crippen molar-refractivity contribution in [3.63, 3.8) is 0 Å². The fraction of sp³-hybridized carbons (Fsp3) is 0.200. The van der Waals surface area contributed by atoms with Gasteiger partial charge in [0, 0.05) is 48.7 Å². The van der Waals surface area contributed by atoms with Crippen LogP contribution in [0.3, 0.4) is 0 Å². The predicted molar refractivity (Wildman–Crippen MR) is 134 cm³/mol. The molecule has 10 nitrogen and oxygen atoms in total. The molecule has 0 bridgehead atoms. The Morgan fingerprint density at radius 3 is 2.80 bits per heavy atom. The largest absolute Gasteiger partial charge is 0.448 e. The van der Waals surface area contributed by atoms with Crippen molar-refractivity contribution in [1.29, 1.82) is 0 Å². The van der Waals surface area contributed by atoms with E-state index in [-0.39, 0.29) is 11.5 Å². The van der Waals surface area contributed by atoms with Crippen LogP contribution in [0.15, 0.2) is 64.3 Å². The van der Waals surface area contributed by atoms with E-state index < -0.39 is 6.03 Å². The number of carbonyl (C=O) groups is 1. The Bertz CT molecular complexity index is 1470. The van der Waals surface area contributed by atoms with Gasteiger partial charge in [-0.25, -0.2) is 14.8 Å². The minimum Gasteiger partial charge on any atom is -0.448 e. The van der Waals surface area contributed by atoms with Gasteiger partial charge < -0.3 is 20.4 Å². The van der Waals surface area contributed by atoms with E-state index in [9.17, 15) is 9.59 Å². The summed E-state index contributed by atoms with van der Waals surface area (Å²) in [5, 5.41) is 5.45. The first-order valence-corrected chi connectivity index (χ1v) is 11.2. The summed E-state index contributed by atoms with van der Waals surface area (Å²) in [6.07, 6.45) is 5.66. The second kappa shape index (κ2) is 8.98. The lowest BCUT2D eigenvalue weighted by Gasteiger charge is -2.30. The molecular formula is C25H25N7O3. The number of aryl methyl sites for hydroxylation is 2. The third-order valence-electron chi connectivity index (χ3n) is 6.01. The molecule has 178 valence electrons. The van der Waals surface area contributed by atoms with Crippen LogP contribution < -0.4 is 26.8 Å². The van der Waals surface area contributed by atoms with E-state index in [4.69, 9.17) is 10.2 Å². The highest BCUT2D eigenvalue weighted by Crippen LogP contribution is 2.25. The Labute approximate surface area is 201 Å². The van der Waals surface area contributed by atoms with Gasteiger partial charge in [-0.3, -0.25) is 14.7 Å². The lowest BCUT2D eigenvalue weighted by Crippen LogP contribution is -2.37. The highest BCUT2D eigenvalue weighted by Gasteiger charge is 2.23. The van der Waals surface area contributed by atoms with Gasteiger partial charge in [0.25, 0.3) is 5.56 Å². The van der Waals surface area contributed by atoms with Crippen LogP contribution in [-0.4, -0.2) is 27.1 Å². The van der Waals surface area contributed by atoms with Crippen molar-refractivity contribution in [3.05, 3.63) is 87.8 Å². The third-order valence-corrected chi connectivity index (χ3v) is 6.01. The molecule has 0 saturated heterocycles. The zero-order valence-corrected chi connectivity index (χ0v) is 19.4. The number of nitrogens with zero attached hydrogens (tertiary/aromatic N) is 4. The van der Waals surface area contributed by atoms with E-state index in [1.165, 1.54) is 6.26 Å². The molecular weight excluding hydrogens is 446 g/mol. The van der Waals surface area contributed by atoms with Crippen LogP contribution in [0.25, 0.3) is 5.69 Å². The van der Waals surface area contributed by atoms with Gasteiger partial charge in [0.15, 0.2) is 0 Å². The number of urea groups is 1. The summed E-state index contributed by atoms with van der Waals surface area (Å²) in [5.74, 6) is 0.645. The van der Waals surface area contributed by atoms with Gasteiger partial charge in [-0.05, 0) is 49.7 Å². The van der Waals surface area contributed by atoms with E-state index in [1.807, 2.05) is 26.0 Å². The average molecular weight is 472 g/mol. The smallest absolute Gasteiger partial charge is 0.326 e. The van der Waals surface area contributed by atoms with Crippen LogP contribution in [0.2, 0.25) is 0 Å². The number of anilines is 4. The molecule has 0 spiro atoms. The van der Waals surface area contributed by atoms with Gasteiger partial charge in [0.05, 0.1) is 17.6 Å². The number of furan rings is 1. The molecule has 4 aromatic rings. The quantitative estimate of drug-likeness (QED) is 0.414. The van der Waals surface area contributed by atoms with Crippen molar-refractivity contribution in [1.82, 2.24) is 14.5 Å². The van der Waals surface area contributed by atoms with Crippen LogP contribution in [0.4, 0.5) is 28.0 Å². The zero-order valence-electron chi connectivity index (χ0n) is 19.4. The van der Waals surface area contributed by atoms with Crippen molar-refractivity contribution >= 4 is 29.2 Å². The number of nitrogen functional groups attached to an aromatic ring is 1. The van der Waals surface area contributed by atoms with Crippen LogP contribution in [-0.2, 0) is 13.0 Å². The monoisotopic (exact) mass is 471 g/mol. The maximum absolute atomic E-state index is 13.6. The first kappa shape index (κ1) is 22.2. The SMILES string of the molecule is Cc1ccoc1NC(=O)Nc1cccc(-n2ccc(C)c(N3CCc4nc(N)ncc4C3)c2=O)c1. The lowest BCUT2D eigenvalue weighted by atomic mass is 10.1. The van der Waals surface area contributed by atoms with E-state index >= 15 is 0 Å². The first-order chi connectivity index (χ1) is 16.9. The maximum Gasteiger partial charge on any atom is 0.326 e. The molecule has 1 aliphatic heterocycles. The molecule has 4 heterocycles. The molecule has 5 rings (SSSR count). The second-order valence-corrected chi connectivity index (χ2v) is 8.46. The topological polar surface area (TPSA) is 131 Å². The van der Waals surface area contributed by atoms with Crippen molar-refractivity contribution in [2.45, 2.75) is 26.8 Å². The highest BCUT2D eigenvalue weighted by molar-refractivity contribution is 5.99. The Balaban J connectivity index is 1.41. The summed E-state index contributed by atoms with van der Waals surface area (Å²) in [4.78, 5) is 36.5. The summed E-state index contributed by atoms with van der Waals surface area (Å²) >= 11 is 0. The number of hydrogen-bond acceptors (Lipinski definition) is 7.